The summed E-state index contributed by atoms with van der Waals surface area (Å²) in [5.41, 5.74) is 5.85. The third kappa shape index (κ3) is 5.73. The monoisotopic (exact) mass is 462 g/mol. The van der Waals surface area contributed by atoms with Gasteiger partial charge in [-0.2, -0.15) is 5.10 Å². The molecule has 3 nitrogen and oxygen atoms in total. The zero-order valence-electron chi connectivity index (χ0n) is 14.3. The molecule has 3 aromatic rings. The van der Waals surface area contributed by atoms with E-state index < -0.39 is 0 Å². The highest BCUT2D eigenvalue weighted by molar-refractivity contribution is 9.10. The minimum Gasteiger partial charge on any atom is -0.488 e. The van der Waals surface area contributed by atoms with Crippen molar-refractivity contribution in [2.75, 3.05) is 0 Å². The second kappa shape index (κ2) is 9.79. The Morgan fingerprint density at radius 1 is 0.963 bits per heavy atom. The van der Waals surface area contributed by atoms with E-state index in [0.29, 0.717) is 23.2 Å². The highest BCUT2D eigenvalue weighted by Gasteiger charge is 2.04. The second-order valence-corrected chi connectivity index (χ2v) is 7.43. The Kier molecular flexibility index (Phi) is 7.16. The van der Waals surface area contributed by atoms with E-state index >= 15 is 0 Å². The predicted molar refractivity (Wildman–Crippen MR) is 116 cm³/mol. The molecule has 0 radical (unpaired) electrons. The Balaban J connectivity index is 1.56. The molecule has 0 atom stereocenters. The topological polar surface area (TPSA) is 33.6 Å². The predicted octanol–water partition coefficient (Wildman–Crippen LogP) is 6.46. The minimum atomic E-state index is 0.453. The van der Waals surface area contributed by atoms with Gasteiger partial charge in [-0.25, -0.2) is 0 Å². The van der Waals surface area contributed by atoms with Gasteiger partial charge in [-0.3, -0.25) is 0 Å². The average Bonchev–Trinajstić information content (AvgIpc) is 2.67. The molecule has 6 heteroatoms. The van der Waals surface area contributed by atoms with Gasteiger partial charge in [0.25, 0.3) is 0 Å². The van der Waals surface area contributed by atoms with E-state index in [1.54, 1.807) is 18.3 Å². The van der Waals surface area contributed by atoms with Crippen LogP contribution in [-0.4, -0.2) is 6.21 Å². The number of benzene rings is 3. The Morgan fingerprint density at radius 2 is 1.70 bits per heavy atom. The molecule has 0 aliphatic carbocycles. The van der Waals surface area contributed by atoms with Crippen LogP contribution in [0, 0.1) is 0 Å². The Hall–Kier alpha value is -2.01. The molecule has 0 spiro atoms. The number of ether oxygens (including phenoxy) is 1. The Bertz CT molecular complexity index is 912. The van der Waals surface area contributed by atoms with Crippen LogP contribution in [0.3, 0.4) is 0 Å². The summed E-state index contributed by atoms with van der Waals surface area (Å²) in [5.74, 6) is 0.784. The van der Waals surface area contributed by atoms with Gasteiger partial charge in [0.15, 0.2) is 0 Å². The Labute approximate surface area is 177 Å². The van der Waals surface area contributed by atoms with Crippen LogP contribution in [0.2, 0.25) is 10.0 Å². The quantitative estimate of drug-likeness (QED) is 0.322. The molecule has 0 aliphatic heterocycles. The van der Waals surface area contributed by atoms with E-state index in [4.69, 9.17) is 27.9 Å². The summed E-state index contributed by atoms with van der Waals surface area (Å²) < 4.78 is 6.72. The molecule has 0 aliphatic rings. The number of hydrogen-bond donors (Lipinski definition) is 1. The van der Waals surface area contributed by atoms with Crippen LogP contribution < -0.4 is 10.2 Å². The molecule has 3 aromatic carbocycles. The van der Waals surface area contributed by atoms with Crippen LogP contribution >= 0.6 is 39.1 Å². The number of halogens is 3. The highest BCUT2D eigenvalue weighted by Crippen LogP contribution is 2.26. The first-order valence-corrected chi connectivity index (χ1v) is 9.83. The van der Waals surface area contributed by atoms with Crippen LogP contribution in [0.1, 0.15) is 16.7 Å². The maximum absolute atomic E-state index is 6.14. The summed E-state index contributed by atoms with van der Waals surface area (Å²) in [6, 6.07) is 21.3. The normalized spacial score (nSPS) is 10.9. The number of nitrogens with zero attached hydrogens (tertiary/aromatic N) is 1. The molecule has 1 N–H and O–H groups in total. The van der Waals surface area contributed by atoms with Crippen molar-refractivity contribution in [1.82, 2.24) is 5.43 Å². The van der Waals surface area contributed by atoms with Crippen molar-refractivity contribution in [2.24, 2.45) is 5.10 Å². The lowest BCUT2D eigenvalue weighted by Gasteiger charge is -2.09. The van der Waals surface area contributed by atoms with Gasteiger partial charge in [0.1, 0.15) is 12.4 Å². The summed E-state index contributed by atoms with van der Waals surface area (Å²) in [7, 11) is 0. The first-order chi connectivity index (χ1) is 13.1. The molecule has 0 fully saturated rings. The first-order valence-electron chi connectivity index (χ1n) is 8.28. The fourth-order valence-corrected chi connectivity index (χ4v) is 3.44. The van der Waals surface area contributed by atoms with Gasteiger partial charge in [0.05, 0.1) is 17.2 Å². The SMILES string of the molecule is Clc1cccc(Cl)c1CN/N=C/c1ccc(OCc2ccccc2)c(Br)c1. The van der Waals surface area contributed by atoms with Gasteiger partial charge in [0, 0.05) is 15.6 Å². The van der Waals surface area contributed by atoms with Gasteiger partial charge in [0.2, 0.25) is 0 Å². The van der Waals surface area contributed by atoms with Crippen LogP contribution in [0.25, 0.3) is 0 Å². The van der Waals surface area contributed by atoms with Gasteiger partial charge in [-0.15, -0.1) is 0 Å². The van der Waals surface area contributed by atoms with Crippen molar-refractivity contribution < 1.29 is 4.74 Å². The van der Waals surface area contributed by atoms with E-state index in [-0.39, 0.29) is 0 Å². The van der Waals surface area contributed by atoms with Crippen molar-refractivity contribution in [1.29, 1.82) is 0 Å². The summed E-state index contributed by atoms with van der Waals surface area (Å²) >= 11 is 15.8. The smallest absolute Gasteiger partial charge is 0.134 e. The lowest BCUT2D eigenvalue weighted by molar-refractivity contribution is 0.304. The molecule has 0 unspecified atom stereocenters. The van der Waals surface area contributed by atoms with Crippen LogP contribution in [0.4, 0.5) is 0 Å². The lowest BCUT2D eigenvalue weighted by Crippen LogP contribution is -2.06. The standard InChI is InChI=1S/C21H17BrCl2N2O/c22-18-11-16(9-10-21(18)27-14-15-5-2-1-3-6-15)12-25-26-13-17-19(23)7-4-8-20(17)24/h1-12,26H,13-14H2/b25-12+. The molecule has 0 amide bonds. The molecule has 0 bridgehead atoms. The van der Waals surface area contributed by atoms with E-state index in [0.717, 1.165) is 26.9 Å². The zero-order valence-corrected chi connectivity index (χ0v) is 17.4. The molecule has 3 rings (SSSR count). The average molecular weight is 464 g/mol. The molecular formula is C21H17BrCl2N2O. The van der Waals surface area contributed by atoms with Crippen LogP contribution in [0.15, 0.2) is 76.3 Å². The highest BCUT2D eigenvalue weighted by atomic mass is 79.9. The molecular weight excluding hydrogens is 447 g/mol. The van der Waals surface area contributed by atoms with E-state index in [2.05, 4.69) is 26.5 Å². The summed E-state index contributed by atoms with van der Waals surface area (Å²) in [4.78, 5) is 0. The van der Waals surface area contributed by atoms with Crippen molar-refractivity contribution in [2.45, 2.75) is 13.2 Å². The molecule has 0 saturated carbocycles. The van der Waals surface area contributed by atoms with Gasteiger partial charge in [-0.1, -0.05) is 59.6 Å². The van der Waals surface area contributed by atoms with E-state index in [1.807, 2.05) is 54.6 Å². The van der Waals surface area contributed by atoms with Gasteiger partial charge < -0.3 is 10.2 Å². The molecule has 0 saturated heterocycles. The van der Waals surface area contributed by atoms with E-state index in [9.17, 15) is 0 Å². The summed E-state index contributed by atoms with van der Waals surface area (Å²) in [5, 5.41) is 5.47. The summed E-state index contributed by atoms with van der Waals surface area (Å²) in [6.45, 7) is 0.974. The maximum Gasteiger partial charge on any atom is 0.134 e. The van der Waals surface area contributed by atoms with Crippen LogP contribution in [0.5, 0.6) is 5.75 Å². The number of hydrazone groups is 1. The second-order valence-electron chi connectivity index (χ2n) is 5.76. The van der Waals surface area contributed by atoms with Crippen molar-refractivity contribution in [3.8, 4) is 5.75 Å². The molecule has 0 heterocycles. The van der Waals surface area contributed by atoms with E-state index in [1.165, 1.54) is 0 Å². The van der Waals surface area contributed by atoms with Gasteiger partial charge in [-0.05, 0) is 57.4 Å². The summed E-state index contributed by atoms with van der Waals surface area (Å²) in [6.07, 6.45) is 1.73. The third-order valence-corrected chi connectivity index (χ3v) is 5.14. The van der Waals surface area contributed by atoms with Crippen molar-refractivity contribution in [3.05, 3.63) is 97.9 Å². The lowest BCUT2D eigenvalue weighted by atomic mass is 10.2. The molecule has 0 aromatic heterocycles. The maximum atomic E-state index is 6.14. The number of rotatable bonds is 7. The fourth-order valence-electron chi connectivity index (χ4n) is 2.40. The third-order valence-electron chi connectivity index (χ3n) is 3.82. The van der Waals surface area contributed by atoms with Crippen molar-refractivity contribution >= 4 is 45.3 Å². The number of nitrogens with one attached hydrogen (secondary N) is 1. The first kappa shape index (κ1) is 19.7. The molecule has 27 heavy (non-hydrogen) atoms. The Morgan fingerprint density at radius 3 is 2.41 bits per heavy atom. The van der Waals surface area contributed by atoms with Crippen LogP contribution in [-0.2, 0) is 13.2 Å². The minimum absolute atomic E-state index is 0.453. The van der Waals surface area contributed by atoms with Crippen molar-refractivity contribution in [3.63, 3.8) is 0 Å². The zero-order chi connectivity index (χ0) is 19.1. The van der Waals surface area contributed by atoms with Gasteiger partial charge >= 0.3 is 0 Å². The molecule has 138 valence electrons. The fraction of sp³-hybridized carbons (Fsp3) is 0.0952. The number of hydrogen-bond acceptors (Lipinski definition) is 3. The largest absolute Gasteiger partial charge is 0.488 e.